The van der Waals surface area contributed by atoms with Gasteiger partial charge in [0.2, 0.25) is 6.10 Å². The van der Waals surface area contributed by atoms with Gasteiger partial charge < -0.3 is 10.5 Å². The van der Waals surface area contributed by atoms with Crippen LogP contribution in [0.25, 0.3) is 0 Å². The number of esters is 1. The van der Waals surface area contributed by atoms with Gasteiger partial charge in [-0.15, -0.1) is 11.8 Å². The summed E-state index contributed by atoms with van der Waals surface area (Å²) in [6, 6.07) is 16.1. The summed E-state index contributed by atoms with van der Waals surface area (Å²) in [7, 11) is 0. The van der Waals surface area contributed by atoms with Crippen molar-refractivity contribution in [3.8, 4) is 0 Å². The number of ether oxygens (including phenoxy) is 1. The number of carbonyl (C=O) groups excluding carboxylic acids is 2. The molecule has 2 N–H and O–H groups in total. The second kappa shape index (κ2) is 8.60. The number of nitrogens with two attached hydrogens (primary N) is 1. The van der Waals surface area contributed by atoms with Gasteiger partial charge in [-0.25, -0.2) is 0 Å². The molecule has 0 radical (unpaired) electrons. The maximum Gasteiger partial charge on any atom is 0.307 e. The minimum Gasteiger partial charge on any atom is -0.447 e. The lowest BCUT2D eigenvalue weighted by molar-refractivity contribution is -0.155. The van der Waals surface area contributed by atoms with Crippen LogP contribution in [0, 0.1) is 0 Å². The fourth-order valence-electron chi connectivity index (χ4n) is 1.89. The van der Waals surface area contributed by atoms with Crippen molar-refractivity contribution in [3.63, 3.8) is 0 Å². The molecule has 0 bridgehead atoms. The van der Waals surface area contributed by atoms with E-state index in [0.29, 0.717) is 16.3 Å². The molecular formula is C17H16ClNO3S. The third kappa shape index (κ3) is 5.62. The summed E-state index contributed by atoms with van der Waals surface area (Å²) in [5.41, 5.74) is 5.89. The van der Waals surface area contributed by atoms with Crippen LogP contribution in [0.5, 0.6) is 0 Å². The third-order valence-electron chi connectivity index (χ3n) is 3.00. The zero-order chi connectivity index (χ0) is 16.7. The van der Waals surface area contributed by atoms with Crippen LogP contribution in [0.2, 0.25) is 5.02 Å². The summed E-state index contributed by atoms with van der Waals surface area (Å²) in [6.45, 7) is 0. The third-order valence-corrected chi connectivity index (χ3v) is 4.26. The molecule has 1 unspecified atom stereocenters. The molecule has 0 spiro atoms. The molecule has 0 saturated carbocycles. The van der Waals surface area contributed by atoms with Crippen LogP contribution in [-0.4, -0.2) is 17.6 Å². The smallest absolute Gasteiger partial charge is 0.307 e. The van der Waals surface area contributed by atoms with E-state index in [1.807, 2.05) is 18.2 Å². The Labute approximate surface area is 144 Å². The topological polar surface area (TPSA) is 69.4 Å². The lowest BCUT2D eigenvalue weighted by atomic mass is 10.1. The van der Waals surface area contributed by atoms with Gasteiger partial charge in [0.25, 0.3) is 5.91 Å². The number of amides is 1. The Morgan fingerprint density at radius 1 is 1.09 bits per heavy atom. The molecule has 0 aliphatic carbocycles. The van der Waals surface area contributed by atoms with E-state index in [1.54, 1.807) is 36.4 Å². The van der Waals surface area contributed by atoms with Crippen LogP contribution in [0.4, 0.5) is 0 Å². The van der Waals surface area contributed by atoms with Crippen molar-refractivity contribution in [2.45, 2.75) is 17.4 Å². The molecule has 1 atom stereocenters. The van der Waals surface area contributed by atoms with Crippen molar-refractivity contribution in [2.75, 3.05) is 5.75 Å². The van der Waals surface area contributed by atoms with Gasteiger partial charge in [0.1, 0.15) is 0 Å². The average molecular weight is 350 g/mol. The highest BCUT2D eigenvalue weighted by Crippen LogP contribution is 2.22. The van der Waals surface area contributed by atoms with E-state index in [2.05, 4.69) is 0 Å². The quantitative estimate of drug-likeness (QED) is 0.612. The minimum absolute atomic E-state index is 0.184. The van der Waals surface area contributed by atoms with E-state index in [9.17, 15) is 9.59 Å². The molecule has 0 aliphatic rings. The van der Waals surface area contributed by atoms with Gasteiger partial charge in [-0.2, -0.15) is 0 Å². The molecule has 4 nitrogen and oxygen atoms in total. The Morgan fingerprint density at radius 2 is 1.74 bits per heavy atom. The van der Waals surface area contributed by atoms with Gasteiger partial charge in [0.15, 0.2) is 0 Å². The Morgan fingerprint density at radius 3 is 2.35 bits per heavy atom. The molecule has 0 saturated heterocycles. The average Bonchev–Trinajstić information content (AvgIpc) is 2.55. The molecular weight excluding hydrogens is 334 g/mol. The zero-order valence-corrected chi connectivity index (χ0v) is 13.8. The molecule has 6 heteroatoms. The van der Waals surface area contributed by atoms with Crippen LogP contribution >= 0.6 is 23.4 Å². The summed E-state index contributed by atoms with van der Waals surface area (Å²) in [5.74, 6) is -0.602. The number of halogens is 1. The monoisotopic (exact) mass is 349 g/mol. The number of hydrogen-bond acceptors (Lipinski definition) is 4. The second-order valence-corrected chi connectivity index (χ2v) is 6.34. The Kier molecular flexibility index (Phi) is 6.50. The SMILES string of the molecule is NC(=O)C(OC(=O)CCSc1ccc(Cl)cc1)c1ccccc1. The van der Waals surface area contributed by atoms with Crippen molar-refractivity contribution < 1.29 is 14.3 Å². The summed E-state index contributed by atoms with van der Waals surface area (Å²) in [5, 5.41) is 0.668. The largest absolute Gasteiger partial charge is 0.447 e. The number of thioether (sulfide) groups is 1. The number of carbonyl (C=O) groups is 2. The van der Waals surface area contributed by atoms with Gasteiger partial charge in [-0.1, -0.05) is 41.9 Å². The summed E-state index contributed by atoms with van der Waals surface area (Å²) in [6.07, 6.45) is -0.867. The van der Waals surface area contributed by atoms with Crippen molar-refractivity contribution >= 4 is 35.2 Å². The summed E-state index contributed by atoms with van der Waals surface area (Å²) < 4.78 is 5.21. The van der Waals surface area contributed by atoms with E-state index in [4.69, 9.17) is 22.1 Å². The molecule has 0 fully saturated rings. The van der Waals surface area contributed by atoms with Gasteiger partial charge in [0, 0.05) is 21.2 Å². The number of hydrogen-bond donors (Lipinski definition) is 1. The van der Waals surface area contributed by atoms with Gasteiger partial charge in [0.05, 0.1) is 6.42 Å². The van der Waals surface area contributed by atoms with Crippen LogP contribution in [-0.2, 0) is 14.3 Å². The van der Waals surface area contributed by atoms with E-state index >= 15 is 0 Å². The van der Waals surface area contributed by atoms with Crippen molar-refractivity contribution in [2.24, 2.45) is 5.73 Å². The highest BCUT2D eigenvalue weighted by molar-refractivity contribution is 7.99. The molecule has 1 amide bonds. The molecule has 2 rings (SSSR count). The summed E-state index contributed by atoms with van der Waals surface area (Å²) in [4.78, 5) is 24.4. The zero-order valence-electron chi connectivity index (χ0n) is 12.3. The first-order valence-corrected chi connectivity index (χ1v) is 8.35. The number of primary amides is 1. The number of benzene rings is 2. The normalized spacial score (nSPS) is 11.7. The minimum atomic E-state index is -1.05. The van der Waals surface area contributed by atoms with E-state index in [0.717, 1.165) is 4.90 Å². The fraction of sp³-hybridized carbons (Fsp3) is 0.176. The Bertz CT molecular complexity index is 661. The van der Waals surface area contributed by atoms with Crippen molar-refractivity contribution in [1.82, 2.24) is 0 Å². The Balaban J connectivity index is 1.85. The Hall–Kier alpha value is -1.98. The number of rotatable bonds is 7. The van der Waals surface area contributed by atoms with E-state index in [1.165, 1.54) is 11.8 Å². The molecule has 0 aliphatic heterocycles. The van der Waals surface area contributed by atoms with Crippen LogP contribution in [0.15, 0.2) is 59.5 Å². The lowest BCUT2D eigenvalue weighted by Gasteiger charge is -2.14. The van der Waals surface area contributed by atoms with E-state index in [-0.39, 0.29) is 6.42 Å². The molecule has 120 valence electrons. The first-order chi connectivity index (χ1) is 11.1. The van der Waals surface area contributed by atoms with Crippen LogP contribution < -0.4 is 5.73 Å². The first kappa shape index (κ1) is 17.4. The van der Waals surface area contributed by atoms with Crippen LogP contribution in [0.3, 0.4) is 0 Å². The van der Waals surface area contributed by atoms with Gasteiger partial charge >= 0.3 is 5.97 Å². The molecule has 23 heavy (non-hydrogen) atoms. The van der Waals surface area contributed by atoms with Gasteiger partial charge in [-0.05, 0) is 24.3 Å². The molecule has 0 heterocycles. The van der Waals surface area contributed by atoms with Gasteiger partial charge in [-0.3, -0.25) is 9.59 Å². The fourth-order valence-corrected chi connectivity index (χ4v) is 2.85. The second-order valence-electron chi connectivity index (χ2n) is 4.74. The standard InChI is InChI=1S/C17H16ClNO3S/c18-13-6-8-14(9-7-13)23-11-10-15(20)22-16(17(19)21)12-4-2-1-3-5-12/h1-9,16H,10-11H2,(H2,19,21). The first-order valence-electron chi connectivity index (χ1n) is 6.98. The predicted molar refractivity (Wildman–Crippen MR) is 91.3 cm³/mol. The molecule has 2 aromatic carbocycles. The van der Waals surface area contributed by atoms with E-state index < -0.39 is 18.0 Å². The van der Waals surface area contributed by atoms with Crippen LogP contribution in [0.1, 0.15) is 18.1 Å². The predicted octanol–water partition coefficient (Wildman–Crippen LogP) is 3.59. The molecule has 0 aromatic heterocycles. The lowest BCUT2D eigenvalue weighted by Crippen LogP contribution is -2.26. The summed E-state index contributed by atoms with van der Waals surface area (Å²) >= 11 is 7.33. The maximum atomic E-state index is 11.9. The van der Waals surface area contributed by atoms with Crippen molar-refractivity contribution in [3.05, 3.63) is 65.2 Å². The molecule has 2 aromatic rings. The highest BCUT2D eigenvalue weighted by atomic mass is 35.5. The van der Waals surface area contributed by atoms with Crippen molar-refractivity contribution in [1.29, 1.82) is 0 Å². The highest BCUT2D eigenvalue weighted by Gasteiger charge is 2.22. The maximum absolute atomic E-state index is 11.9.